The van der Waals surface area contributed by atoms with Gasteiger partial charge < -0.3 is 4.90 Å². The lowest BCUT2D eigenvalue weighted by Gasteiger charge is -2.39. The van der Waals surface area contributed by atoms with Crippen molar-refractivity contribution in [1.82, 2.24) is 10.2 Å². The van der Waals surface area contributed by atoms with Crippen LogP contribution in [0.2, 0.25) is 0 Å². The summed E-state index contributed by atoms with van der Waals surface area (Å²) >= 11 is 0. The smallest absolute Gasteiger partial charge is 0.163 e. The number of hydrogen-bond acceptors (Lipinski definition) is 4. The van der Waals surface area contributed by atoms with Gasteiger partial charge in [0.1, 0.15) is 6.07 Å². The Morgan fingerprint density at radius 1 is 1.39 bits per heavy atom. The molecule has 2 unspecified atom stereocenters. The van der Waals surface area contributed by atoms with E-state index in [1.54, 1.807) is 6.07 Å². The number of anilines is 1. The highest BCUT2D eigenvalue weighted by Gasteiger charge is 2.29. The third-order valence-corrected chi connectivity index (χ3v) is 3.96. The Morgan fingerprint density at radius 2 is 2.17 bits per heavy atom. The van der Waals surface area contributed by atoms with Crippen LogP contribution in [0.4, 0.5) is 5.82 Å². The molecule has 18 heavy (non-hydrogen) atoms. The molecular formula is C14H20N4. The lowest BCUT2D eigenvalue weighted by Crippen LogP contribution is -2.42. The maximum absolute atomic E-state index is 8.72. The molecule has 1 aromatic rings. The molecule has 1 aliphatic rings. The van der Waals surface area contributed by atoms with Gasteiger partial charge in [-0.2, -0.15) is 5.26 Å². The van der Waals surface area contributed by atoms with E-state index in [0.29, 0.717) is 17.5 Å². The van der Waals surface area contributed by atoms with E-state index in [1.165, 1.54) is 6.42 Å². The van der Waals surface area contributed by atoms with Crippen molar-refractivity contribution in [3.05, 3.63) is 17.8 Å². The molecule has 1 aliphatic heterocycles. The number of nitriles is 1. The molecule has 0 aliphatic carbocycles. The van der Waals surface area contributed by atoms with Gasteiger partial charge in [-0.05, 0) is 36.3 Å². The molecule has 0 amide bonds. The number of piperidine rings is 1. The Hall–Kier alpha value is -1.63. The van der Waals surface area contributed by atoms with E-state index in [0.717, 1.165) is 24.8 Å². The van der Waals surface area contributed by atoms with Crippen molar-refractivity contribution in [2.45, 2.75) is 27.2 Å². The van der Waals surface area contributed by atoms with Crippen LogP contribution in [0.1, 0.15) is 32.9 Å². The summed E-state index contributed by atoms with van der Waals surface area (Å²) in [4.78, 5) is 2.29. The van der Waals surface area contributed by atoms with E-state index in [2.05, 4.69) is 35.9 Å². The number of rotatable bonds is 2. The Labute approximate surface area is 109 Å². The van der Waals surface area contributed by atoms with Gasteiger partial charge in [0.2, 0.25) is 0 Å². The third kappa shape index (κ3) is 2.61. The maximum Gasteiger partial charge on any atom is 0.163 e. The monoisotopic (exact) mass is 244 g/mol. The molecule has 1 saturated heterocycles. The van der Waals surface area contributed by atoms with Crippen LogP contribution in [0.5, 0.6) is 0 Å². The fourth-order valence-corrected chi connectivity index (χ4v) is 2.73. The van der Waals surface area contributed by atoms with Gasteiger partial charge in [0.25, 0.3) is 0 Å². The largest absolute Gasteiger partial charge is 0.355 e. The minimum atomic E-state index is 0.379. The van der Waals surface area contributed by atoms with E-state index in [9.17, 15) is 0 Å². The van der Waals surface area contributed by atoms with Gasteiger partial charge in [0, 0.05) is 13.1 Å². The van der Waals surface area contributed by atoms with Crippen molar-refractivity contribution in [1.29, 1.82) is 5.26 Å². The summed E-state index contributed by atoms with van der Waals surface area (Å²) in [6.07, 6.45) is 1.20. The highest BCUT2D eigenvalue weighted by atomic mass is 15.3. The van der Waals surface area contributed by atoms with Gasteiger partial charge in [-0.3, -0.25) is 0 Å². The van der Waals surface area contributed by atoms with Crippen LogP contribution in [0.15, 0.2) is 12.1 Å². The minimum Gasteiger partial charge on any atom is -0.355 e. The standard InChI is InChI=1S/C14H20N4/c1-10(2)13-9-18(7-6-11(13)3)14-5-4-12(8-15)16-17-14/h4-5,10-11,13H,6-7,9H2,1-3H3. The first-order chi connectivity index (χ1) is 8.61. The topological polar surface area (TPSA) is 52.8 Å². The quantitative estimate of drug-likeness (QED) is 0.802. The Morgan fingerprint density at radius 3 is 2.72 bits per heavy atom. The molecule has 0 spiro atoms. The fraction of sp³-hybridized carbons (Fsp3) is 0.643. The van der Waals surface area contributed by atoms with Crippen molar-refractivity contribution >= 4 is 5.82 Å². The van der Waals surface area contributed by atoms with Gasteiger partial charge in [0.05, 0.1) is 0 Å². The molecule has 0 N–H and O–H groups in total. The summed E-state index contributed by atoms with van der Waals surface area (Å²) in [5.74, 6) is 3.06. The van der Waals surface area contributed by atoms with E-state index < -0.39 is 0 Å². The van der Waals surface area contributed by atoms with Crippen LogP contribution < -0.4 is 4.90 Å². The Kier molecular flexibility index (Phi) is 3.81. The third-order valence-electron chi connectivity index (χ3n) is 3.96. The molecule has 1 aromatic heterocycles. The molecule has 96 valence electrons. The second-order valence-corrected chi connectivity index (χ2v) is 5.51. The first kappa shape index (κ1) is 12.8. The van der Waals surface area contributed by atoms with Crippen molar-refractivity contribution in [2.75, 3.05) is 18.0 Å². The molecule has 2 heterocycles. The SMILES string of the molecule is CC(C)C1CN(c2ccc(C#N)nn2)CCC1C. The molecule has 0 radical (unpaired) electrons. The molecule has 4 nitrogen and oxygen atoms in total. The van der Waals surface area contributed by atoms with E-state index in [-0.39, 0.29) is 0 Å². The summed E-state index contributed by atoms with van der Waals surface area (Å²) < 4.78 is 0. The number of aromatic nitrogens is 2. The molecule has 1 fully saturated rings. The first-order valence-corrected chi connectivity index (χ1v) is 6.60. The van der Waals surface area contributed by atoms with E-state index in [4.69, 9.17) is 5.26 Å². The zero-order valence-electron chi connectivity index (χ0n) is 11.3. The maximum atomic E-state index is 8.72. The van der Waals surface area contributed by atoms with E-state index >= 15 is 0 Å². The summed E-state index contributed by atoms with van der Waals surface area (Å²) in [5, 5.41) is 16.8. The highest BCUT2D eigenvalue weighted by Crippen LogP contribution is 2.30. The number of hydrogen-bond donors (Lipinski definition) is 0. The average molecular weight is 244 g/mol. The molecule has 0 saturated carbocycles. The van der Waals surface area contributed by atoms with Gasteiger partial charge in [-0.25, -0.2) is 0 Å². The fourth-order valence-electron chi connectivity index (χ4n) is 2.73. The first-order valence-electron chi connectivity index (χ1n) is 6.60. The normalized spacial score (nSPS) is 24.1. The second kappa shape index (κ2) is 5.34. The molecule has 2 atom stereocenters. The van der Waals surface area contributed by atoms with Crippen molar-refractivity contribution in [3.63, 3.8) is 0 Å². The summed E-state index contributed by atoms with van der Waals surface area (Å²) in [5.41, 5.74) is 0.379. The van der Waals surface area contributed by atoms with Gasteiger partial charge in [-0.15, -0.1) is 10.2 Å². The second-order valence-electron chi connectivity index (χ2n) is 5.51. The van der Waals surface area contributed by atoms with Crippen molar-refractivity contribution < 1.29 is 0 Å². The highest BCUT2D eigenvalue weighted by molar-refractivity contribution is 5.39. The lowest BCUT2D eigenvalue weighted by molar-refractivity contribution is 0.232. The van der Waals surface area contributed by atoms with Gasteiger partial charge in [0.15, 0.2) is 11.5 Å². The van der Waals surface area contributed by atoms with Crippen LogP contribution in [0.3, 0.4) is 0 Å². The van der Waals surface area contributed by atoms with E-state index in [1.807, 2.05) is 12.1 Å². The zero-order valence-corrected chi connectivity index (χ0v) is 11.3. The Balaban J connectivity index is 2.11. The summed E-state index contributed by atoms with van der Waals surface area (Å²) in [6.45, 7) is 8.99. The molecule has 0 aromatic carbocycles. The molecule has 4 heteroatoms. The summed E-state index contributed by atoms with van der Waals surface area (Å²) in [6, 6.07) is 5.64. The molecule has 0 bridgehead atoms. The van der Waals surface area contributed by atoms with Gasteiger partial charge in [-0.1, -0.05) is 20.8 Å². The van der Waals surface area contributed by atoms with Crippen LogP contribution >= 0.6 is 0 Å². The number of nitrogens with zero attached hydrogens (tertiary/aromatic N) is 4. The predicted molar refractivity (Wildman–Crippen MR) is 71.1 cm³/mol. The lowest BCUT2D eigenvalue weighted by atomic mass is 9.79. The van der Waals surface area contributed by atoms with Crippen molar-refractivity contribution in [2.24, 2.45) is 17.8 Å². The van der Waals surface area contributed by atoms with Crippen LogP contribution in [0.25, 0.3) is 0 Å². The van der Waals surface area contributed by atoms with Crippen LogP contribution in [0, 0.1) is 29.1 Å². The van der Waals surface area contributed by atoms with Crippen molar-refractivity contribution in [3.8, 4) is 6.07 Å². The average Bonchev–Trinajstić information content (AvgIpc) is 2.39. The predicted octanol–water partition coefficient (Wildman–Crippen LogP) is 2.47. The minimum absolute atomic E-state index is 0.379. The van der Waals surface area contributed by atoms with Crippen LogP contribution in [-0.2, 0) is 0 Å². The summed E-state index contributed by atoms with van der Waals surface area (Å²) in [7, 11) is 0. The zero-order chi connectivity index (χ0) is 13.1. The van der Waals surface area contributed by atoms with Crippen LogP contribution in [-0.4, -0.2) is 23.3 Å². The van der Waals surface area contributed by atoms with Gasteiger partial charge >= 0.3 is 0 Å². The molecule has 2 rings (SSSR count). The Bertz CT molecular complexity index is 432. The molecular weight excluding hydrogens is 224 g/mol.